The molecule has 1 unspecified atom stereocenters. The first-order valence-corrected chi connectivity index (χ1v) is 4.04. The van der Waals surface area contributed by atoms with Crippen LogP contribution in [0.1, 0.15) is 33.1 Å². The second kappa shape index (κ2) is 3.77. The summed E-state index contributed by atoms with van der Waals surface area (Å²) in [6, 6.07) is 0. The van der Waals surface area contributed by atoms with Crippen LogP contribution >= 0.6 is 0 Å². The van der Waals surface area contributed by atoms with Gasteiger partial charge in [0, 0.05) is 0 Å². The zero-order valence-corrected chi connectivity index (χ0v) is 6.89. The molecule has 1 heterocycles. The molecule has 1 aliphatic heterocycles. The number of ether oxygens (including phenoxy) is 1. The fourth-order valence-corrected chi connectivity index (χ4v) is 0.971. The monoisotopic (exact) mass is 140 g/mol. The van der Waals surface area contributed by atoms with E-state index < -0.39 is 0 Å². The molecule has 58 valence electrons. The Bertz CT molecular complexity index is 119. The molecule has 10 heavy (non-hydrogen) atoms. The van der Waals surface area contributed by atoms with Crippen molar-refractivity contribution in [3.05, 3.63) is 11.6 Å². The van der Waals surface area contributed by atoms with Gasteiger partial charge in [0.1, 0.15) is 0 Å². The average Bonchev–Trinajstić information content (AvgIpc) is 2.62. The average molecular weight is 140 g/mol. The third-order valence-electron chi connectivity index (χ3n) is 1.69. The first-order chi connectivity index (χ1) is 4.79. The molecule has 0 amide bonds. The third-order valence-corrected chi connectivity index (χ3v) is 1.69. The van der Waals surface area contributed by atoms with Gasteiger partial charge in [-0.15, -0.1) is 0 Å². The Morgan fingerprint density at radius 3 is 2.80 bits per heavy atom. The molecule has 1 nitrogen and oxygen atoms in total. The van der Waals surface area contributed by atoms with Gasteiger partial charge >= 0.3 is 0 Å². The maximum Gasteiger partial charge on any atom is 0.0810 e. The van der Waals surface area contributed by atoms with Gasteiger partial charge in [0.2, 0.25) is 0 Å². The van der Waals surface area contributed by atoms with Crippen LogP contribution in [0.2, 0.25) is 0 Å². The summed E-state index contributed by atoms with van der Waals surface area (Å²) in [4.78, 5) is 0. The van der Waals surface area contributed by atoms with Crippen molar-refractivity contribution in [3.63, 3.8) is 0 Å². The van der Waals surface area contributed by atoms with Crippen LogP contribution in [0.3, 0.4) is 0 Å². The summed E-state index contributed by atoms with van der Waals surface area (Å²) in [5, 5.41) is 0. The number of epoxide rings is 1. The third kappa shape index (κ3) is 3.67. The first-order valence-electron chi connectivity index (χ1n) is 4.04. The summed E-state index contributed by atoms with van der Waals surface area (Å²) in [5.41, 5.74) is 1.43. The molecule has 0 aliphatic carbocycles. The standard InChI is InChI=1S/C9H16O/c1-8(2)5-3-4-6-9-7-10-9/h5,9H,3-4,6-7H2,1-2H3. The maximum atomic E-state index is 5.09. The van der Waals surface area contributed by atoms with Crippen molar-refractivity contribution in [3.8, 4) is 0 Å². The Labute approximate surface area is 63.1 Å². The Balaban J connectivity index is 1.89. The summed E-state index contributed by atoms with van der Waals surface area (Å²) in [7, 11) is 0. The highest BCUT2D eigenvalue weighted by Crippen LogP contribution is 2.16. The highest BCUT2D eigenvalue weighted by atomic mass is 16.6. The highest BCUT2D eigenvalue weighted by molar-refractivity contribution is 4.92. The van der Waals surface area contributed by atoms with Crippen molar-refractivity contribution in [2.75, 3.05) is 6.61 Å². The molecule has 0 aromatic heterocycles. The predicted molar refractivity (Wildman–Crippen MR) is 43.0 cm³/mol. The number of allylic oxidation sites excluding steroid dienone is 2. The van der Waals surface area contributed by atoms with Gasteiger partial charge < -0.3 is 4.74 Å². The molecule has 0 bridgehead atoms. The van der Waals surface area contributed by atoms with E-state index in [4.69, 9.17) is 4.74 Å². The Kier molecular flexibility index (Phi) is 2.94. The van der Waals surface area contributed by atoms with Crippen LogP contribution < -0.4 is 0 Å². The smallest absolute Gasteiger partial charge is 0.0810 e. The fourth-order valence-electron chi connectivity index (χ4n) is 0.971. The first kappa shape index (κ1) is 7.80. The second-order valence-corrected chi connectivity index (χ2v) is 3.17. The summed E-state index contributed by atoms with van der Waals surface area (Å²) in [5.74, 6) is 0. The predicted octanol–water partition coefficient (Wildman–Crippen LogP) is 2.52. The molecule has 0 aromatic rings. The normalized spacial score (nSPS) is 22.4. The van der Waals surface area contributed by atoms with Crippen LogP contribution in [0.25, 0.3) is 0 Å². The van der Waals surface area contributed by atoms with Gasteiger partial charge in [-0.1, -0.05) is 11.6 Å². The van der Waals surface area contributed by atoms with Crippen molar-refractivity contribution in [1.29, 1.82) is 0 Å². The van der Waals surface area contributed by atoms with Crippen LogP contribution in [0, 0.1) is 0 Å². The van der Waals surface area contributed by atoms with E-state index in [1.807, 2.05) is 0 Å². The second-order valence-electron chi connectivity index (χ2n) is 3.17. The van der Waals surface area contributed by atoms with Gasteiger partial charge in [-0.05, 0) is 33.1 Å². The maximum absolute atomic E-state index is 5.09. The molecule has 0 spiro atoms. The van der Waals surface area contributed by atoms with E-state index in [-0.39, 0.29) is 0 Å². The van der Waals surface area contributed by atoms with E-state index in [0.717, 1.165) is 6.61 Å². The Hall–Kier alpha value is -0.300. The quantitative estimate of drug-likeness (QED) is 0.332. The van der Waals surface area contributed by atoms with E-state index in [1.54, 1.807) is 0 Å². The zero-order valence-electron chi connectivity index (χ0n) is 6.89. The minimum absolute atomic E-state index is 0.616. The Morgan fingerprint density at radius 1 is 1.60 bits per heavy atom. The van der Waals surface area contributed by atoms with Crippen molar-refractivity contribution in [2.45, 2.75) is 39.2 Å². The van der Waals surface area contributed by atoms with Gasteiger partial charge in [0.25, 0.3) is 0 Å². The highest BCUT2D eigenvalue weighted by Gasteiger charge is 2.20. The Morgan fingerprint density at radius 2 is 2.30 bits per heavy atom. The summed E-state index contributed by atoms with van der Waals surface area (Å²) < 4.78 is 5.09. The minimum Gasteiger partial charge on any atom is -0.373 e. The number of hydrogen-bond acceptors (Lipinski definition) is 1. The van der Waals surface area contributed by atoms with Gasteiger partial charge in [-0.2, -0.15) is 0 Å². The van der Waals surface area contributed by atoms with Crippen LogP contribution in [0.5, 0.6) is 0 Å². The van der Waals surface area contributed by atoms with Gasteiger partial charge in [0.15, 0.2) is 0 Å². The number of rotatable bonds is 4. The van der Waals surface area contributed by atoms with Crippen LogP contribution in [0.15, 0.2) is 11.6 Å². The molecular weight excluding hydrogens is 124 g/mol. The summed E-state index contributed by atoms with van der Waals surface area (Å²) in [6.45, 7) is 5.30. The molecule has 1 saturated heterocycles. The van der Waals surface area contributed by atoms with E-state index in [2.05, 4.69) is 19.9 Å². The summed E-state index contributed by atoms with van der Waals surface area (Å²) >= 11 is 0. The molecule has 1 heteroatoms. The topological polar surface area (TPSA) is 12.5 Å². The lowest BCUT2D eigenvalue weighted by Gasteiger charge is -1.92. The lowest BCUT2D eigenvalue weighted by atomic mass is 10.1. The van der Waals surface area contributed by atoms with E-state index in [0.29, 0.717) is 6.10 Å². The van der Waals surface area contributed by atoms with Crippen molar-refractivity contribution in [1.82, 2.24) is 0 Å². The molecular formula is C9H16O. The molecule has 0 aromatic carbocycles. The van der Waals surface area contributed by atoms with E-state index in [9.17, 15) is 0 Å². The largest absolute Gasteiger partial charge is 0.373 e. The van der Waals surface area contributed by atoms with Crippen molar-refractivity contribution < 1.29 is 4.74 Å². The van der Waals surface area contributed by atoms with Crippen molar-refractivity contribution in [2.24, 2.45) is 0 Å². The van der Waals surface area contributed by atoms with Gasteiger partial charge in [0.05, 0.1) is 12.7 Å². The lowest BCUT2D eigenvalue weighted by molar-refractivity contribution is 0.392. The van der Waals surface area contributed by atoms with Crippen LogP contribution in [-0.4, -0.2) is 12.7 Å². The number of hydrogen-bond donors (Lipinski definition) is 0. The van der Waals surface area contributed by atoms with Crippen LogP contribution in [-0.2, 0) is 4.74 Å². The summed E-state index contributed by atoms with van der Waals surface area (Å²) in [6.07, 6.45) is 6.68. The van der Waals surface area contributed by atoms with Crippen LogP contribution in [0.4, 0.5) is 0 Å². The molecule has 1 fully saturated rings. The molecule has 1 aliphatic rings. The van der Waals surface area contributed by atoms with E-state index in [1.165, 1.54) is 24.8 Å². The van der Waals surface area contributed by atoms with Gasteiger partial charge in [-0.25, -0.2) is 0 Å². The minimum atomic E-state index is 0.616. The van der Waals surface area contributed by atoms with E-state index >= 15 is 0 Å². The SMILES string of the molecule is CC(C)=CCCCC1CO1. The van der Waals surface area contributed by atoms with Gasteiger partial charge in [-0.3, -0.25) is 0 Å². The van der Waals surface area contributed by atoms with Crippen molar-refractivity contribution >= 4 is 0 Å². The molecule has 1 rings (SSSR count). The number of unbranched alkanes of at least 4 members (excludes halogenated alkanes) is 1. The molecule has 1 atom stereocenters. The zero-order chi connectivity index (χ0) is 7.40. The molecule has 0 saturated carbocycles. The lowest BCUT2D eigenvalue weighted by Crippen LogP contribution is -1.83. The molecule has 0 radical (unpaired) electrons. The fraction of sp³-hybridized carbons (Fsp3) is 0.778. The molecule has 0 N–H and O–H groups in total.